The van der Waals surface area contributed by atoms with Crippen LogP contribution >= 0.6 is 0 Å². The monoisotopic (exact) mass is 370 g/mol. The van der Waals surface area contributed by atoms with Crippen molar-refractivity contribution in [2.24, 2.45) is 5.92 Å². The first-order valence-electron chi connectivity index (χ1n) is 9.22. The lowest BCUT2D eigenvalue weighted by molar-refractivity contribution is 0.363. The van der Waals surface area contributed by atoms with E-state index in [1.54, 1.807) is 12.1 Å². The van der Waals surface area contributed by atoms with Gasteiger partial charge in [-0.1, -0.05) is 38.1 Å². The van der Waals surface area contributed by atoms with Gasteiger partial charge in [0.2, 0.25) is 0 Å². The van der Waals surface area contributed by atoms with Crippen molar-refractivity contribution in [3.05, 3.63) is 59.7 Å². The summed E-state index contributed by atoms with van der Waals surface area (Å²) in [5.41, 5.74) is 3.26. The second-order valence-corrected chi connectivity index (χ2v) is 9.85. The number of hydrogen-bond donors (Lipinski definition) is 1. The SMILES string of the molecule is CC(C)c1ccc(S(=O)(=O)Nc2cccc([C@@]34C[C@@H]3CN(C)C4)c2)cc1. The van der Waals surface area contributed by atoms with Gasteiger partial charge in [-0.15, -0.1) is 0 Å². The maximum Gasteiger partial charge on any atom is 0.261 e. The number of rotatable bonds is 5. The zero-order valence-electron chi connectivity index (χ0n) is 15.6. The van der Waals surface area contributed by atoms with Crippen LogP contribution in [0.5, 0.6) is 0 Å². The molecule has 1 saturated heterocycles. The predicted molar refractivity (Wildman–Crippen MR) is 105 cm³/mol. The van der Waals surface area contributed by atoms with Crippen molar-refractivity contribution in [3.63, 3.8) is 0 Å². The number of piperidine rings is 1. The van der Waals surface area contributed by atoms with Gasteiger partial charge in [0, 0.05) is 24.2 Å². The van der Waals surface area contributed by atoms with Crippen molar-refractivity contribution in [3.8, 4) is 0 Å². The minimum Gasteiger partial charge on any atom is -0.305 e. The molecular weight excluding hydrogens is 344 g/mol. The number of likely N-dealkylation sites (tertiary alicyclic amines) is 1. The summed E-state index contributed by atoms with van der Waals surface area (Å²) in [4.78, 5) is 2.66. The van der Waals surface area contributed by atoms with Crippen LogP contribution in [-0.4, -0.2) is 33.5 Å². The van der Waals surface area contributed by atoms with Gasteiger partial charge in [-0.05, 0) is 60.7 Å². The summed E-state index contributed by atoms with van der Waals surface area (Å²) in [5.74, 6) is 1.09. The maximum atomic E-state index is 12.7. The molecule has 1 aliphatic heterocycles. The van der Waals surface area contributed by atoms with Crippen molar-refractivity contribution in [2.45, 2.75) is 36.5 Å². The van der Waals surface area contributed by atoms with E-state index in [1.165, 1.54) is 12.0 Å². The first-order valence-corrected chi connectivity index (χ1v) is 10.7. The van der Waals surface area contributed by atoms with E-state index < -0.39 is 10.0 Å². The van der Waals surface area contributed by atoms with Crippen LogP contribution in [0.1, 0.15) is 37.3 Å². The Morgan fingerprint density at radius 2 is 1.88 bits per heavy atom. The van der Waals surface area contributed by atoms with Crippen LogP contribution in [0.15, 0.2) is 53.4 Å². The molecule has 138 valence electrons. The van der Waals surface area contributed by atoms with E-state index in [0.717, 1.165) is 18.7 Å². The molecule has 1 aliphatic carbocycles. The average Bonchev–Trinajstić information content (AvgIpc) is 3.17. The third-order valence-electron chi connectivity index (χ3n) is 5.86. The quantitative estimate of drug-likeness (QED) is 0.871. The van der Waals surface area contributed by atoms with Gasteiger partial charge >= 0.3 is 0 Å². The van der Waals surface area contributed by atoms with Gasteiger partial charge in [-0.25, -0.2) is 8.42 Å². The maximum absolute atomic E-state index is 12.7. The molecule has 5 heteroatoms. The zero-order valence-corrected chi connectivity index (χ0v) is 16.4. The first-order chi connectivity index (χ1) is 12.3. The van der Waals surface area contributed by atoms with Gasteiger partial charge in [-0.3, -0.25) is 4.72 Å². The molecule has 0 spiro atoms. The fourth-order valence-electron chi connectivity index (χ4n) is 4.32. The zero-order chi connectivity index (χ0) is 18.5. The van der Waals surface area contributed by atoms with Gasteiger partial charge in [0.25, 0.3) is 10.0 Å². The number of nitrogens with zero attached hydrogens (tertiary/aromatic N) is 1. The summed E-state index contributed by atoms with van der Waals surface area (Å²) in [6.45, 7) is 6.39. The van der Waals surface area contributed by atoms with E-state index in [0.29, 0.717) is 22.4 Å². The summed E-state index contributed by atoms with van der Waals surface area (Å²) in [7, 11) is -1.42. The molecule has 0 bridgehead atoms. The lowest BCUT2D eigenvalue weighted by Gasteiger charge is -2.18. The van der Waals surface area contributed by atoms with Crippen LogP contribution < -0.4 is 4.72 Å². The average molecular weight is 371 g/mol. The molecule has 0 radical (unpaired) electrons. The van der Waals surface area contributed by atoms with Crippen LogP contribution in [-0.2, 0) is 15.4 Å². The Kier molecular flexibility index (Phi) is 4.12. The molecule has 0 aromatic heterocycles. The van der Waals surface area contributed by atoms with Crippen LogP contribution in [0.3, 0.4) is 0 Å². The summed E-state index contributed by atoms with van der Waals surface area (Å²) in [6.07, 6.45) is 1.21. The number of hydrogen-bond acceptors (Lipinski definition) is 3. The lowest BCUT2D eigenvalue weighted by atomic mass is 9.95. The highest BCUT2D eigenvalue weighted by Gasteiger charge is 2.59. The van der Waals surface area contributed by atoms with Gasteiger partial charge < -0.3 is 4.90 Å². The smallest absolute Gasteiger partial charge is 0.261 e. The number of anilines is 1. The highest BCUT2D eigenvalue weighted by molar-refractivity contribution is 7.92. The largest absolute Gasteiger partial charge is 0.305 e. The summed E-state index contributed by atoms with van der Waals surface area (Å²) < 4.78 is 28.2. The Morgan fingerprint density at radius 3 is 2.50 bits per heavy atom. The topological polar surface area (TPSA) is 49.4 Å². The summed E-state index contributed by atoms with van der Waals surface area (Å²) >= 11 is 0. The summed E-state index contributed by atoms with van der Waals surface area (Å²) in [5, 5.41) is 0. The van der Waals surface area contributed by atoms with Gasteiger partial charge in [0.15, 0.2) is 0 Å². The number of likely N-dealkylation sites (N-methyl/N-ethyl adjacent to an activating group) is 1. The third kappa shape index (κ3) is 3.03. The molecule has 4 rings (SSSR count). The van der Waals surface area contributed by atoms with E-state index in [1.807, 2.05) is 30.3 Å². The van der Waals surface area contributed by atoms with E-state index in [-0.39, 0.29) is 5.41 Å². The predicted octanol–water partition coefficient (Wildman–Crippen LogP) is 3.81. The van der Waals surface area contributed by atoms with E-state index in [4.69, 9.17) is 0 Å². The first kappa shape index (κ1) is 17.6. The van der Waals surface area contributed by atoms with Crippen molar-refractivity contribution in [1.29, 1.82) is 0 Å². The van der Waals surface area contributed by atoms with Crippen LogP contribution in [0.4, 0.5) is 5.69 Å². The lowest BCUT2D eigenvalue weighted by Crippen LogP contribution is -2.22. The second-order valence-electron chi connectivity index (χ2n) is 8.16. The number of nitrogens with one attached hydrogen (secondary N) is 1. The molecule has 0 amide bonds. The van der Waals surface area contributed by atoms with Gasteiger partial charge in [0.1, 0.15) is 0 Å². The molecule has 2 fully saturated rings. The summed E-state index contributed by atoms with van der Waals surface area (Å²) in [6, 6.07) is 15.1. The fraction of sp³-hybridized carbons (Fsp3) is 0.429. The minimum absolute atomic E-state index is 0.231. The van der Waals surface area contributed by atoms with Gasteiger partial charge in [-0.2, -0.15) is 0 Å². The van der Waals surface area contributed by atoms with E-state index in [2.05, 4.69) is 36.6 Å². The molecule has 2 aromatic rings. The van der Waals surface area contributed by atoms with Crippen LogP contribution in [0, 0.1) is 5.92 Å². The molecule has 1 N–H and O–H groups in total. The van der Waals surface area contributed by atoms with Crippen LogP contribution in [0.2, 0.25) is 0 Å². The van der Waals surface area contributed by atoms with Crippen molar-refractivity contribution in [1.82, 2.24) is 4.90 Å². The fourth-order valence-corrected chi connectivity index (χ4v) is 5.37. The highest BCUT2D eigenvalue weighted by atomic mass is 32.2. The molecular formula is C21H26N2O2S. The number of benzene rings is 2. The minimum atomic E-state index is -3.57. The van der Waals surface area contributed by atoms with Crippen molar-refractivity contribution >= 4 is 15.7 Å². The van der Waals surface area contributed by atoms with Crippen LogP contribution in [0.25, 0.3) is 0 Å². The molecule has 0 unspecified atom stereocenters. The van der Waals surface area contributed by atoms with E-state index >= 15 is 0 Å². The van der Waals surface area contributed by atoms with Crippen molar-refractivity contribution < 1.29 is 8.42 Å². The molecule has 2 aliphatic rings. The molecule has 1 saturated carbocycles. The highest BCUT2D eigenvalue weighted by Crippen LogP contribution is 2.58. The normalized spacial score (nSPS) is 25.3. The Bertz CT molecular complexity index is 921. The number of sulfonamides is 1. The number of fused-ring (bicyclic) bond motifs is 1. The second kappa shape index (κ2) is 6.10. The Hall–Kier alpha value is -1.85. The van der Waals surface area contributed by atoms with Gasteiger partial charge in [0.05, 0.1) is 4.90 Å². The van der Waals surface area contributed by atoms with E-state index in [9.17, 15) is 8.42 Å². The molecule has 1 heterocycles. The Labute approximate surface area is 156 Å². The molecule has 2 atom stereocenters. The third-order valence-corrected chi connectivity index (χ3v) is 7.26. The molecule has 4 nitrogen and oxygen atoms in total. The molecule has 2 aromatic carbocycles. The standard InChI is InChI=1S/C21H26N2O2S/c1-15(2)16-7-9-20(10-8-16)26(24,25)22-19-6-4-5-17(11-19)21-12-18(21)13-23(3)14-21/h4-11,15,18,22H,12-14H2,1-3H3/t18-,21+/m1/s1. The van der Waals surface area contributed by atoms with Crippen molar-refractivity contribution in [2.75, 3.05) is 24.9 Å². The Balaban J connectivity index is 1.56. The Morgan fingerprint density at radius 1 is 1.15 bits per heavy atom. The molecule has 26 heavy (non-hydrogen) atoms.